The maximum absolute atomic E-state index is 5.97. The van der Waals surface area contributed by atoms with Crippen LogP contribution in [0.1, 0.15) is 25.3 Å². The van der Waals surface area contributed by atoms with E-state index < -0.39 is 0 Å². The molecule has 0 aromatic heterocycles. The first-order chi connectivity index (χ1) is 9.11. The standard InChI is InChI=1S/C17H22O2/c1-12(2)16-9-10-17(13(16)3)19-11-14-5-7-15(18-4)8-6-14/h5-8,16-17H,1,3,9-11H2,2,4H3/t16-,17+/m0/s1. The van der Waals surface area contributed by atoms with Crippen LogP contribution in [0.25, 0.3) is 0 Å². The molecule has 1 aliphatic rings. The van der Waals surface area contributed by atoms with E-state index >= 15 is 0 Å². The molecule has 1 fully saturated rings. The van der Waals surface area contributed by atoms with E-state index in [1.54, 1.807) is 7.11 Å². The Labute approximate surface area is 115 Å². The van der Waals surface area contributed by atoms with Crippen LogP contribution in [0, 0.1) is 5.92 Å². The minimum Gasteiger partial charge on any atom is -0.497 e. The van der Waals surface area contributed by atoms with E-state index in [0.29, 0.717) is 12.5 Å². The molecule has 0 radical (unpaired) electrons. The molecule has 0 aliphatic heterocycles. The highest BCUT2D eigenvalue weighted by atomic mass is 16.5. The number of methoxy groups -OCH3 is 1. The predicted octanol–water partition coefficient (Wildman–Crippen LogP) is 4.12. The van der Waals surface area contributed by atoms with E-state index in [-0.39, 0.29) is 6.10 Å². The fourth-order valence-corrected chi connectivity index (χ4v) is 2.59. The molecule has 1 aromatic carbocycles. The minimum atomic E-state index is 0.170. The molecule has 0 amide bonds. The molecule has 0 unspecified atom stereocenters. The third kappa shape index (κ3) is 3.27. The van der Waals surface area contributed by atoms with Crippen LogP contribution in [0.5, 0.6) is 5.75 Å². The Bertz CT molecular complexity index is 459. The molecule has 0 spiro atoms. The molecule has 2 heteroatoms. The molecular formula is C17H22O2. The lowest BCUT2D eigenvalue weighted by atomic mass is 9.97. The number of benzene rings is 1. The zero-order chi connectivity index (χ0) is 13.8. The molecule has 2 rings (SSSR count). The van der Waals surface area contributed by atoms with Gasteiger partial charge in [-0.1, -0.05) is 30.9 Å². The summed E-state index contributed by atoms with van der Waals surface area (Å²) in [7, 11) is 1.67. The van der Waals surface area contributed by atoms with Crippen molar-refractivity contribution in [1.82, 2.24) is 0 Å². The lowest BCUT2D eigenvalue weighted by Gasteiger charge is -2.16. The summed E-state index contributed by atoms with van der Waals surface area (Å²) in [5, 5.41) is 0. The normalized spacial score (nSPS) is 22.5. The Balaban J connectivity index is 1.89. The fraction of sp³-hybridized carbons (Fsp3) is 0.412. The van der Waals surface area contributed by atoms with Gasteiger partial charge in [0.1, 0.15) is 5.75 Å². The van der Waals surface area contributed by atoms with Gasteiger partial charge in [0.25, 0.3) is 0 Å². The molecular weight excluding hydrogens is 236 g/mol. The van der Waals surface area contributed by atoms with Crippen molar-refractivity contribution in [3.8, 4) is 5.75 Å². The predicted molar refractivity (Wildman–Crippen MR) is 78.2 cm³/mol. The smallest absolute Gasteiger partial charge is 0.118 e. The maximum Gasteiger partial charge on any atom is 0.118 e. The molecule has 1 saturated carbocycles. The van der Waals surface area contributed by atoms with Gasteiger partial charge in [0.2, 0.25) is 0 Å². The van der Waals surface area contributed by atoms with Gasteiger partial charge in [-0.2, -0.15) is 0 Å². The van der Waals surface area contributed by atoms with Crippen LogP contribution in [0.2, 0.25) is 0 Å². The van der Waals surface area contributed by atoms with E-state index in [4.69, 9.17) is 9.47 Å². The second-order valence-electron chi connectivity index (χ2n) is 5.20. The van der Waals surface area contributed by atoms with Gasteiger partial charge < -0.3 is 9.47 Å². The molecule has 2 atom stereocenters. The molecule has 102 valence electrons. The van der Waals surface area contributed by atoms with Gasteiger partial charge in [-0.05, 0) is 43.0 Å². The molecule has 1 aromatic rings. The lowest BCUT2D eigenvalue weighted by Crippen LogP contribution is -2.12. The van der Waals surface area contributed by atoms with E-state index in [1.807, 2.05) is 24.3 Å². The van der Waals surface area contributed by atoms with Gasteiger partial charge in [0.15, 0.2) is 0 Å². The van der Waals surface area contributed by atoms with Crippen LogP contribution in [0.4, 0.5) is 0 Å². The summed E-state index contributed by atoms with van der Waals surface area (Å²) in [4.78, 5) is 0. The highest BCUT2D eigenvalue weighted by Gasteiger charge is 2.29. The molecule has 19 heavy (non-hydrogen) atoms. The summed E-state index contributed by atoms with van der Waals surface area (Å²) in [6, 6.07) is 7.98. The second kappa shape index (κ2) is 6.07. The molecule has 0 saturated heterocycles. The van der Waals surface area contributed by atoms with Crippen molar-refractivity contribution in [1.29, 1.82) is 0 Å². The number of ether oxygens (including phenoxy) is 2. The average molecular weight is 258 g/mol. The van der Waals surface area contributed by atoms with Gasteiger partial charge in [0.05, 0.1) is 19.8 Å². The van der Waals surface area contributed by atoms with Crippen molar-refractivity contribution >= 4 is 0 Å². The minimum absolute atomic E-state index is 0.170. The number of allylic oxidation sites excluding steroid dienone is 1. The van der Waals surface area contributed by atoms with Crippen LogP contribution in [-0.2, 0) is 11.3 Å². The highest BCUT2D eigenvalue weighted by Crippen LogP contribution is 2.36. The van der Waals surface area contributed by atoms with E-state index in [0.717, 1.165) is 24.2 Å². The third-order valence-corrected chi connectivity index (χ3v) is 3.78. The molecule has 0 heterocycles. The number of hydrogen-bond donors (Lipinski definition) is 0. The Hall–Kier alpha value is -1.54. The quantitative estimate of drug-likeness (QED) is 0.740. The summed E-state index contributed by atoms with van der Waals surface area (Å²) in [6.45, 7) is 10.9. The SMILES string of the molecule is C=C(C)[C@@H]1CC[C@@H](OCc2ccc(OC)cc2)C1=C. The fourth-order valence-electron chi connectivity index (χ4n) is 2.59. The summed E-state index contributed by atoms with van der Waals surface area (Å²) in [5.74, 6) is 1.30. The Morgan fingerprint density at radius 2 is 1.95 bits per heavy atom. The first-order valence-corrected chi connectivity index (χ1v) is 6.70. The average Bonchev–Trinajstić information content (AvgIpc) is 2.78. The summed E-state index contributed by atoms with van der Waals surface area (Å²) in [5.41, 5.74) is 3.54. The van der Waals surface area contributed by atoms with Gasteiger partial charge in [0, 0.05) is 5.92 Å². The maximum atomic E-state index is 5.97. The van der Waals surface area contributed by atoms with E-state index in [1.165, 1.54) is 11.1 Å². The van der Waals surface area contributed by atoms with Crippen LogP contribution >= 0.6 is 0 Å². The Morgan fingerprint density at radius 1 is 1.26 bits per heavy atom. The van der Waals surface area contributed by atoms with E-state index in [2.05, 4.69) is 20.1 Å². The third-order valence-electron chi connectivity index (χ3n) is 3.78. The summed E-state index contributed by atoms with van der Waals surface area (Å²) < 4.78 is 11.1. The van der Waals surface area contributed by atoms with Gasteiger partial charge >= 0.3 is 0 Å². The summed E-state index contributed by atoms with van der Waals surface area (Å²) >= 11 is 0. The lowest BCUT2D eigenvalue weighted by molar-refractivity contribution is 0.0685. The molecule has 0 N–H and O–H groups in total. The first-order valence-electron chi connectivity index (χ1n) is 6.70. The number of hydrogen-bond acceptors (Lipinski definition) is 2. The Morgan fingerprint density at radius 3 is 2.47 bits per heavy atom. The monoisotopic (exact) mass is 258 g/mol. The van der Waals surface area contributed by atoms with Crippen molar-refractivity contribution in [2.45, 2.75) is 32.5 Å². The van der Waals surface area contributed by atoms with Crippen LogP contribution in [0.3, 0.4) is 0 Å². The van der Waals surface area contributed by atoms with Crippen molar-refractivity contribution in [3.05, 3.63) is 54.1 Å². The zero-order valence-electron chi connectivity index (χ0n) is 11.8. The van der Waals surface area contributed by atoms with Crippen LogP contribution < -0.4 is 4.74 Å². The number of rotatable bonds is 5. The topological polar surface area (TPSA) is 18.5 Å². The Kier molecular flexibility index (Phi) is 4.43. The van der Waals surface area contributed by atoms with Gasteiger partial charge in [-0.3, -0.25) is 0 Å². The van der Waals surface area contributed by atoms with Crippen molar-refractivity contribution in [3.63, 3.8) is 0 Å². The summed E-state index contributed by atoms with van der Waals surface area (Å²) in [6.07, 6.45) is 2.33. The zero-order valence-corrected chi connectivity index (χ0v) is 11.8. The molecule has 0 bridgehead atoms. The van der Waals surface area contributed by atoms with Crippen LogP contribution in [0.15, 0.2) is 48.6 Å². The van der Waals surface area contributed by atoms with Crippen molar-refractivity contribution < 1.29 is 9.47 Å². The van der Waals surface area contributed by atoms with Crippen LogP contribution in [-0.4, -0.2) is 13.2 Å². The second-order valence-corrected chi connectivity index (χ2v) is 5.20. The molecule has 1 aliphatic carbocycles. The van der Waals surface area contributed by atoms with Crippen molar-refractivity contribution in [2.75, 3.05) is 7.11 Å². The first kappa shape index (κ1) is 13.9. The van der Waals surface area contributed by atoms with E-state index in [9.17, 15) is 0 Å². The molecule has 2 nitrogen and oxygen atoms in total. The van der Waals surface area contributed by atoms with Crippen molar-refractivity contribution in [2.24, 2.45) is 5.92 Å². The largest absolute Gasteiger partial charge is 0.497 e. The van der Waals surface area contributed by atoms with Gasteiger partial charge in [-0.15, -0.1) is 0 Å². The highest BCUT2D eigenvalue weighted by molar-refractivity contribution is 5.27. The van der Waals surface area contributed by atoms with Gasteiger partial charge in [-0.25, -0.2) is 0 Å².